The molecule has 0 aromatic rings. The number of Topliss-reactive ketones (excluding diaryl/α,β-unsaturated/α-hetero) is 2. The van der Waals surface area contributed by atoms with Gasteiger partial charge in [0, 0.05) is 22.3 Å². The minimum Gasteiger partial charge on any atom is -0.390 e. The summed E-state index contributed by atoms with van der Waals surface area (Å²) in [5.74, 6) is 0.0335. The molecule has 1 rings (SSSR count). The molecule has 0 amide bonds. The largest absolute Gasteiger partial charge is 0.390 e. The number of aliphatic hydroxyl groups is 1. The molecule has 0 aromatic carbocycles. The molecule has 3 heteroatoms. The van der Waals surface area contributed by atoms with Crippen LogP contribution in [-0.2, 0) is 9.59 Å². The predicted molar refractivity (Wildman–Crippen MR) is 154 cm³/mol. The van der Waals surface area contributed by atoms with E-state index >= 15 is 0 Å². The number of hydrogen-bond acceptors (Lipinski definition) is 3. The van der Waals surface area contributed by atoms with Gasteiger partial charge >= 0.3 is 0 Å². The number of carbonyl (C=O) groups excluding carboxylic acids is 2. The second kappa shape index (κ2) is 14.7. The first-order chi connectivity index (χ1) is 16.7. The van der Waals surface area contributed by atoms with Crippen LogP contribution in [0, 0.1) is 11.8 Å². The Kier molecular flexibility index (Phi) is 13.0. The molecule has 0 saturated heterocycles. The van der Waals surface area contributed by atoms with Crippen LogP contribution in [0.5, 0.6) is 0 Å². The lowest BCUT2D eigenvalue weighted by molar-refractivity contribution is -0.117. The van der Waals surface area contributed by atoms with Gasteiger partial charge in [-0.2, -0.15) is 0 Å². The third-order valence-electron chi connectivity index (χ3n) is 7.21. The van der Waals surface area contributed by atoms with Crippen molar-refractivity contribution in [3.63, 3.8) is 0 Å². The highest BCUT2D eigenvalue weighted by Gasteiger charge is 2.35. The van der Waals surface area contributed by atoms with E-state index in [2.05, 4.69) is 45.9 Å². The van der Waals surface area contributed by atoms with Gasteiger partial charge in [-0.15, -0.1) is 0 Å². The molecule has 36 heavy (non-hydrogen) atoms. The molecule has 1 aliphatic carbocycles. The van der Waals surface area contributed by atoms with Gasteiger partial charge in [0.15, 0.2) is 11.6 Å². The molecule has 0 spiro atoms. The lowest BCUT2D eigenvalue weighted by Gasteiger charge is -2.28. The molecule has 0 bridgehead atoms. The smallest absolute Gasteiger partial charge is 0.186 e. The summed E-state index contributed by atoms with van der Waals surface area (Å²) in [7, 11) is 0. The maximum Gasteiger partial charge on any atom is 0.186 e. The van der Waals surface area contributed by atoms with Gasteiger partial charge in [-0.05, 0) is 105 Å². The van der Waals surface area contributed by atoms with Crippen molar-refractivity contribution in [3.8, 4) is 0 Å². The van der Waals surface area contributed by atoms with Crippen LogP contribution in [0.2, 0.25) is 0 Å². The molecule has 1 aliphatic rings. The first-order valence-electron chi connectivity index (χ1n) is 13.9. The van der Waals surface area contributed by atoms with Crippen molar-refractivity contribution >= 4 is 11.6 Å². The van der Waals surface area contributed by atoms with Crippen LogP contribution in [-0.4, -0.2) is 22.3 Å². The van der Waals surface area contributed by atoms with E-state index in [1.54, 1.807) is 6.92 Å². The van der Waals surface area contributed by atoms with Crippen molar-refractivity contribution in [1.82, 2.24) is 0 Å². The Morgan fingerprint density at radius 2 is 1.25 bits per heavy atom. The number of hydrogen-bond donors (Lipinski definition) is 1. The van der Waals surface area contributed by atoms with Crippen LogP contribution in [0.3, 0.4) is 0 Å². The lowest BCUT2D eigenvalue weighted by Crippen LogP contribution is -2.30. The van der Waals surface area contributed by atoms with Crippen molar-refractivity contribution in [3.05, 3.63) is 57.2 Å². The van der Waals surface area contributed by atoms with Crippen LogP contribution < -0.4 is 0 Å². The van der Waals surface area contributed by atoms with Gasteiger partial charge in [-0.25, -0.2) is 0 Å². The van der Waals surface area contributed by atoms with E-state index < -0.39 is 5.60 Å². The number of ketones is 2. The third-order valence-corrected chi connectivity index (χ3v) is 7.21. The molecule has 0 fully saturated rings. The second-order valence-electron chi connectivity index (χ2n) is 11.9. The summed E-state index contributed by atoms with van der Waals surface area (Å²) in [6.07, 6.45) is 13.5. The summed E-state index contributed by atoms with van der Waals surface area (Å²) >= 11 is 0. The van der Waals surface area contributed by atoms with E-state index in [0.29, 0.717) is 41.6 Å². The maximum atomic E-state index is 13.3. The minimum atomic E-state index is -0.880. The SMILES string of the molecule is CC(C)=CCCC(C)=CCCC(C)=CCCC(C)(O)CCC1=C(C)C(=O)C(C(C)C)=C(C(C)C)C1=O. The van der Waals surface area contributed by atoms with Crippen LogP contribution in [0.1, 0.15) is 121 Å². The van der Waals surface area contributed by atoms with Gasteiger partial charge in [0.1, 0.15) is 0 Å². The average molecular weight is 497 g/mol. The fourth-order valence-corrected chi connectivity index (χ4v) is 4.85. The monoisotopic (exact) mass is 496 g/mol. The third kappa shape index (κ3) is 10.2. The molecule has 3 nitrogen and oxygen atoms in total. The molecule has 0 saturated carbocycles. The lowest BCUT2D eigenvalue weighted by atomic mass is 9.74. The Morgan fingerprint density at radius 1 is 0.778 bits per heavy atom. The number of carbonyl (C=O) groups is 2. The molecule has 1 atom stereocenters. The molecule has 1 unspecified atom stereocenters. The highest BCUT2D eigenvalue weighted by atomic mass is 16.3. The van der Waals surface area contributed by atoms with E-state index in [1.165, 1.54) is 16.7 Å². The van der Waals surface area contributed by atoms with Crippen LogP contribution in [0.25, 0.3) is 0 Å². The van der Waals surface area contributed by atoms with Crippen molar-refractivity contribution < 1.29 is 14.7 Å². The predicted octanol–water partition coefficient (Wildman–Crippen LogP) is 8.79. The maximum absolute atomic E-state index is 13.3. The van der Waals surface area contributed by atoms with Crippen LogP contribution >= 0.6 is 0 Å². The van der Waals surface area contributed by atoms with Gasteiger partial charge in [-0.1, -0.05) is 62.6 Å². The molecule has 1 N–H and O–H groups in total. The fourth-order valence-electron chi connectivity index (χ4n) is 4.85. The standard InChI is InChI=1S/C33H52O3/c1-22(2)14-11-15-25(7)16-12-17-26(8)18-13-20-33(10,36)21-19-28-27(9)31(34)29(23(3)4)30(24(5)6)32(28)35/h14,16,18,23-24,36H,11-13,15,17,19-21H2,1-10H3. The van der Waals surface area contributed by atoms with Crippen LogP contribution in [0.4, 0.5) is 0 Å². The molecule has 202 valence electrons. The fraction of sp³-hybridized carbons (Fsp3) is 0.636. The topological polar surface area (TPSA) is 54.4 Å². The van der Waals surface area contributed by atoms with E-state index in [1.807, 2.05) is 34.6 Å². The Morgan fingerprint density at radius 3 is 1.75 bits per heavy atom. The molecule has 0 aromatic heterocycles. The summed E-state index contributed by atoms with van der Waals surface area (Å²) in [5.41, 5.74) is 5.76. The molecule has 0 radical (unpaired) electrons. The Balaban J connectivity index is 2.66. The van der Waals surface area contributed by atoms with E-state index in [-0.39, 0.29) is 23.4 Å². The van der Waals surface area contributed by atoms with Crippen molar-refractivity contribution in [1.29, 1.82) is 0 Å². The van der Waals surface area contributed by atoms with Crippen molar-refractivity contribution in [2.45, 2.75) is 126 Å². The van der Waals surface area contributed by atoms with Gasteiger partial charge in [0.25, 0.3) is 0 Å². The second-order valence-corrected chi connectivity index (χ2v) is 11.9. The summed E-state index contributed by atoms with van der Waals surface area (Å²) in [5, 5.41) is 11.0. The first kappa shape index (κ1) is 32.0. The molecule has 0 heterocycles. The van der Waals surface area contributed by atoms with Crippen LogP contribution in [0.15, 0.2) is 57.2 Å². The average Bonchev–Trinajstić information content (AvgIpc) is 2.75. The van der Waals surface area contributed by atoms with Gasteiger partial charge in [0.05, 0.1) is 5.60 Å². The Labute approximate surface area is 221 Å². The van der Waals surface area contributed by atoms with Gasteiger partial charge in [0.2, 0.25) is 0 Å². The molecular formula is C33H52O3. The van der Waals surface area contributed by atoms with Crippen molar-refractivity contribution in [2.75, 3.05) is 0 Å². The molecule has 0 aliphatic heterocycles. The number of rotatable bonds is 14. The summed E-state index contributed by atoms with van der Waals surface area (Å²) in [4.78, 5) is 26.4. The summed E-state index contributed by atoms with van der Waals surface area (Å²) < 4.78 is 0. The minimum absolute atomic E-state index is 0.00143. The van der Waals surface area contributed by atoms with Gasteiger partial charge in [-0.3, -0.25) is 9.59 Å². The zero-order valence-corrected chi connectivity index (χ0v) is 24.8. The summed E-state index contributed by atoms with van der Waals surface area (Å²) in [6.45, 7) is 20.2. The zero-order valence-electron chi connectivity index (χ0n) is 24.8. The van der Waals surface area contributed by atoms with Crippen molar-refractivity contribution in [2.24, 2.45) is 11.8 Å². The van der Waals surface area contributed by atoms with E-state index in [4.69, 9.17) is 0 Å². The summed E-state index contributed by atoms with van der Waals surface area (Å²) in [6, 6.07) is 0. The Hall–Kier alpha value is -2.00. The van der Waals surface area contributed by atoms with Gasteiger partial charge < -0.3 is 5.11 Å². The number of allylic oxidation sites excluding steroid dienone is 10. The van der Waals surface area contributed by atoms with E-state index in [0.717, 1.165) is 32.1 Å². The first-order valence-corrected chi connectivity index (χ1v) is 13.9. The zero-order chi connectivity index (χ0) is 27.6. The normalized spacial score (nSPS) is 17.5. The quantitative estimate of drug-likeness (QED) is 0.193. The highest BCUT2D eigenvalue weighted by molar-refractivity contribution is 6.25. The molecular weight excluding hydrogens is 444 g/mol. The highest BCUT2D eigenvalue weighted by Crippen LogP contribution is 2.36. The van der Waals surface area contributed by atoms with E-state index in [9.17, 15) is 14.7 Å². The Bertz CT molecular complexity index is 941.